The first-order valence-electron chi connectivity index (χ1n) is 6.59. The lowest BCUT2D eigenvalue weighted by Crippen LogP contribution is -2.54. The van der Waals surface area contributed by atoms with Gasteiger partial charge in [0, 0.05) is 36.6 Å². The fraction of sp³-hybridized carbons (Fsp3) is 0.500. The Morgan fingerprint density at radius 1 is 1.42 bits per heavy atom. The van der Waals surface area contributed by atoms with Crippen LogP contribution in [0.25, 0.3) is 0 Å². The van der Waals surface area contributed by atoms with E-state index in [4.69, 9.17) is 10.5 Å². The molecule has 2 rings (SSSR count). The number of hydrogen-bond acceptors (Lipinski definition) is 4. The molecule has 5 nitrogen and oxygen atoms in total. The maximum absolute atomic E-state index is 11.7. The molecular weight excluding hydrogens is 242 g/mol. The molecule has 0 radical (unpaired) electrons. The van der Waals surface area contributed by atoms with Crippen molar-refractivity contribution in [3.8, 4) is 5.75 Å². The summed E-state index contributed by atoms with van der Waals surface area (Å²) in [6.07, 6.45) is 0.0942. The summed E-state index contributed by atoms with van der Waals surface area (Å²) in [4.78, 5) is 13.8. The van der Waals surface area contributed by atoms with Gasteiger partial charge in [0.2, 0.25) is 5.91 Å². The van der Waals surface area contributed by atoms with Crippen molar-refractivity contribution in [2.24, 2.45) is 0 Å². The van der Waals surface area contributed by atoms with Gasteiger partial charge in [-0.2, -0.15) is 0 Å². The van der Waals surface area contributed by atoms with Gasteiger partial charge >= 0.3 is 0 Å². The Balaban J connectivity index is 2.28. The van der Waals surface area contributed by atoms with E-state index in [-0.39, 0.29) is 18.1 Å². The molecule has 1 atom stereocenters. The molecule has 5 heteroatoms. The van der Waals surface area contributed by atoms with Crippen molar-refractivity contribution in [3.63, 3.8) is 0 Å². The van der Waals surface area contributed by atoms with E-state index in [1.165, 1.54) is 0 Å². The number of ether oxygens (including phenoxy) is 1. The molecule has 1 unspecified atom stereocenters. The van der Waals surface area contributed by atoms with Crippen LogP contribution in [-0.4, -0.2) is 31.1 Å². The highest BCUT2D eigenvalue weighted by Gasteiger charge is 2.26. The maximum Gasteiger partial charge on any atom is 0.242 e. The summed E-state index contributed by atoms with van der Waals surface area (Å²) < 4.78 is 5.68. The highest BCUT2D eigenvalue weighted by molar-refractivity contribution is 5.86. The van der Waals surface area contributed by atoms with Gasteiger partial charge < -0.3 is 20.7 Å². The zero-order valence-electron chi connectivity index (χ0n) is 11.6. The molecule has 1 amide bonds. The fourth-order valence-electron chi connectivity index (χ4n) is 2.25. The number of nitrogens with zero attached hydrogens (tertiary/aromatic N) is 1. The van der Waals surface area contributed by atoms with Gasteiger partial charge in [-0.05, 0) is 26.8 Å². The average molecular weight is 263 g/mol. The Labute approximate surface area is 113 Å². The second kappa shape index (κ2) is 5.38. The van der Waals surface area contributed by atoms with Crippen LogP contribution in [0.5, 0.6) is 5.75 Å². The van der Waals surface area contributed by atoms with Gasteiger partial charge in [-0.25, -0.2) is 0 Å². The van der Waals surface area contributed by atoms with E-state index in [2.05, 4.69) is 5.32 Å². The van der Waals surface area contributed by atoms with Crippen LogP contribution in [0.3, 0.4) is 0 Å². The molecule has 1 heterocycles. The minimum absolute atomic E-state index is 0.0417. The fourth-order valence-corrected chi connectivity index (χ4v) is 2.25. The zero-order chi connectivity index (χ0) is 14.0. The predicted octanol–water partition coefficient (Wildman–Crippen LogP) is 1.38. The summed E-state index contributed by atoms with van der Waals surface area (Å²) in [7, 11) is 0. The molecule has 3 N–H and O–H groups in total. The van der Waals surface area contributed by atoms with Crippen LogP contribution < -0.4 is 20.7 Å². The number of piperazine rings is 1. The molecule has 1 aromatic rings. The lowest BCUT2D eigenvalue weighted by Gasteiger charge is -2.35. The second-order valence-corrected chi connectivity index (χ2v) is 5.09. The minimum Gasteiger partial charge on any atom is -0.491 e. The summed E-state index contributed by atoms with van der Waals surface area (Å²) in [5, 5.41) is 2.85. The summed E-state index contributed by atoms with van der Waals surface area (Å²) in [6.45, 7) is 7.26. The van der Waals surface area contributed by atoms with Crippen molar-refractivity contribution in [1.82, 2.24) is 5.32 Å². The summed E-state index contributed by atoms with van der Waals surface area (Å²) in [6, 6.07) is 5.42. The summed E-state index contributed by atoms with van der Waals surface area (Å²) in [5.41, 5.74) is 7.49. The molecule has 1 saturated heterocycles. The van der Waals surface area contributed by atoms with Crippen molar-refractivity contribution in [2.75, 3.05) is 23.7 Å². The highest BCUT2D eigenvalue weighted by atomic mass is 16.5. The average Bonchev–Trinajstić information content (AvgIpc) is 2.31. The number of amides is 1. The largest absolute Gasteiger partial charge is 0.491 e. The van der Waals surface area contributed by atoms with Gasteiger partial charge in [0.1, 0.15) is 11.8 Å². The standard InChI is InChI=1S/C14H21N3O2/c1-9(2)19-13-7-11(15)6-12(8-13)17-5-4-16-14(18)10(17)3/h6-10H,4-5,15H2,1-3H3,(H,16,18). The molecule has 1 aromatic carbocycles. The molecule has 1 aliphatic heterocycles. The van der Waals surface area contributed by atoms with E-state index >= 15 is 0 Å². The van der Waals surface area contributed by atoms with Gasteiger partial charge in [0.15, 0.2) is 0 Å². The number of rotatable bonds is 3. The number of carbonyl (C=O) groups excluding carboxylic acids is 1. The first kappa shape index (κ1) is 13.5. The number of nitrogens with one attached hydrogen (secondary N) is 1. The Morgan fingerprint density at radius 3 is 2.84 bits per heavy atom. The molecular formula is C14H21N3O2. The molecule has 0 bridgehead atoms. The van der Waals surface area contributed by atoms with Gasteiger partial charge in [0.05, 0.1) is 6.10 Å². The number of hydrogen-bond donors (Lipinski definition) is 2. The SMILES string of the molecule is CC(C)Oc1cc(N)cc(N2CCNC(=O)C2C)c1. The van der Waals surface area contributed by atoms with Crippen molar-refractivity contribution >= 4 is 17.3 Å². The minimum atomic E-state index is -0.192. The van der Waals surface area contributed by atoms with E-state index in [0.29, 0.717) is 12.2 Å². The molecule has 0 saturated carbocycles. The Bertz CT molecular complexity index is 474. The predicted molar refractivity (Wildman–Crippen MR) is 76.4 cm³/mol. The first-order valence-corrected chi connectivity index (χ1v) is 6.59. The maximum atomic E-state index is 11.7. The molecule has 0 spiro atoms. The van der Waals surface area contributed by atoms with Crippen LogP contribution in [0.4, 0.5) is 11.4 Å². The van der Waals surface area contributed by atoms with Crippen LogP contribution in [0.1, 0.15) is 20.8 Å². The molecule has 1 aliphatic rings. The van der Waals surface area contributed by atoms with Crippen LogP contribution in [-0.2, 0) is 4.79 Å². The molecule has 19 heavy (non-hydrogen) atoms. The van der Waals surface area contributed by atoms with Gasteiger partial charge in [-0.3, -0.25) is 4.79 Å². The summed E-state index contributed by atoms with van der Waals surface area (Å²) in [5.74, 6) is 0.781. The Hall–Kier alpha value is -1.91. The van der Waals surface area contributed by atoms with Gasteiger partial charge in [-0.1, -0.05) is 0 Å². The molecule has 0 aromatic heterocycles. The van der Waals surface area contributed by atoms with E-state index in [1.54, 1.807) is 6.07 Å². The van der Waals surface area contributed by atoms with Crippen LogP contribution in [0, 0.1) is 0 Å². The van der Waals surface area contributed by atoms with Crippen LogP contribution in [0.2, 0.25) is 0 Å². The lowest BCUT2D eigenvalue weighted by atomic mass is 10.1. The third-order valence-electron chi connectivity index (χ3n) is 3.12. The van der Waals surface area contributed by atoms with E-state index in [9.17, 15) is 4.79 Å². The van der Waals surface area contributed by atoms with Crippen LogP contribution in [0.15, 0.2) is 18.2 Å². The van der Waals surface area contributed by atoms with E-state index in [0.717, 1.165) is 18.0 Å². The van der Waals surface area contributed by atoms with Crippen molar-refractivity contribution in [1.29, 1.82) is 0 Å². The van der Waals surface area contributed by atoms with Crippen molar-refractivity contribution < 1.29 is 9.53 Å². The number of anilines is 2. The van der Waals surface area contributed by atoms with E-state index in [1.807, 2.05) is 37.8 Å². The van der Waals surface area contributed by atoms with Crippen molar-refractivity contribution in [3.05, 3.63) is 18.2 Å². The zero-order valence-corrected chi connectivity index (χ0v) is 11.6. The quantitative estimate of drug-likeness (QED) is 0.808. The number of benzene rings is 1. The van der Waals surface area contributed by atoms with Crippen molar-refractivity contribution in [2.45, 2.75) is 32.9 Å². The van der Waals surface area contributed by atoms with Crippen LogP contribution >= 0.6 is 0 Å². The first-order chi connectivity index (χ1) is 8.97. The van der Waals surface area contributed by atoms with Gasteiger partial charge in [-0.15, -0.1) is 0 Å². The van der Waals surface area contributed by atoms with E-state index < -0.39 is 0 Å². The molecule has 0 aliphatic carbocycles. The third kappa shape index (κ3) is 3.10. The lowest BCUT2D eigenvalue weighted by molar-refractivity contribution is -0.122. The smallest absolute Gasteiger partial charge is 0.242 e. The molecule has 104 valence electrons. The number of nitrogens with two attached hydrogens (primary N) is 1. The number of carbonyl (C=O) groups is 1. The number of nitrogen functional groups attached to an aromatic ring is 1. The van der Waals surface area contributed by atoms with Gasteiger partial charge in [0.25, 0.3) is 0 Å². The molecule has 1 fully saturated rings. The summed E-state index contributed by atoms with van der Waals surface area (Å²) >= 11 is 0. The topological polar surface area (TPSA) is 67.6 Å². The normalized spacial score (nSPS) is 19.5. The second-order valence-electron chi connectivity index (χ2n) is 5.09. The third-order valence-corrected chi connectivity index (χ3v) is 3.12. The highest BCUT2D eigenvalue weighted by Crippen LogP contribution is 2.28. The Kier molecular flexibility index (Phi) is 3.83. The monoisotopic (exact) mass is 263 g/mol. The Morgan fingerprint density at radius 2 is 2.16 bits per heavy atom.